The fourth-order valence-corrected chi connectivity index (χ4v) is 3.49. The van der Waals surface area contributed by atoms with Gasteiger partial charge in [-0.2, -0.15) is 0 Å². The first-order chi connectivity index (χ1) is 14.3. The topological polar surface area (TPSA) is 78.3 Å². The minimum atomic E-state index is -0.547. The normalized spacial score (nSPS) is 12.4. The second-order valence-electron chi connectivity index (χ2n) is 7.63. The molecule has 0 bridgehead atoms. The molecule has 30 heavy (non-hydrogen) atoms. The van der Waals surface area contributed by atoms with E-state index in [0.29, 0.717) is 13.2 Å². The number of hydrogen-bond acceptors (Lipinski definition) is 5. The summed E-state index contributed by atoms with van der Waals surface area (Å²) in [6, 6.07) is 7.85. The van der Waals surface area contributed by atoms with Crippen LogP contribution in [-0.4, -0.2) is 39.4 Å². The molecule has 7 nitrogen and oxygen atoms in total. The van der Waals surface area contributed by atoms with E-state index in [9.17, 15) is 4.79 Å². The highest BCUT2D eigenvalue weighted by Crippen LogP contribution is 2.28. The highest BCUT2D eigenvalue weighted by Gasteiger charge is 2.23. The molecule has 0 fully saturated rings. The number of pyridine rings is 1. The molecule has 0 spiro atoms. The Labute approximate surface area is 180 Å². The molecule has 1 amide bonds. The van der Waals surface area contributed by atoms with E-state index in [1.165, 1.54) is 0 Å². The molecule has 1 aromatic carbocycles. The van der Waals surface area contributed by atoms with Crippen LogP contribution in [-0.2, 0) is 15.7 Å². The third-order valence-corrected chi connectivity index (χ3v) is 4.54. The number of aromatic nitrogens is 3. The molecular weight excluding hydrogens is 399 g/mol. The Balaban J connectivity index is 0.00000155. The lowest BCUT2D eigenvalue weighted by molar-refractivity contribution is 0.0516. The average Bonchev–Trinajstić information content (AvgIpc) is 3.10. The summed E-state index contributed by atoms with van der Waals surface area (Å²) in [7, 11) is 2.28. The number of imidazole rings is 1. The number of nitrogens with zero attached hydrogens (tertiary/aromatic N) is 3. The number of benzene rings is 1. The molecule has 2 aromatic heterocycles. The van der Waals surface area contributed by atoms with E-state index in [2.05, 4.69) is 31.3 Å². The number of para-hydroxylation sites is 1. The van der Waals surface area contributed by atoms with Crippen LogP contribution in [0.15, 0.2) is 30.5 Å². The Morgan fingerprint density at radius 1 is 1.23 bits per heavy atom. The van der Waals surface area contributed by atoms with Gasteiger partial charge in [-0.25, -0.2) is 9.78 Å². The van der Waals surface area contributed by atoms with Crippen LogP contribution in [0, 0.1) is 0 Å². The van der Waals surface area contributed by atoms with Crippen molar-refractivity contribution in [3.8, 4) is 0 Å². The highest BCUT2D eigenvalue weighted by molar-refractivity contribution is 7.09. The summed E-state index contributed by atoms with van der Waals surface area (Å²) in [5, 5.41) is 3.89. The van der Waals surface area contributed by atoms with E-state index in [1.807, 2.05) is 58.9 Å². The molecule has 0 aliphatic rings. The van der Waals surface area contributed by atoms with E-state index < -0.39 is 11.7 Å². The highest BCUT2D eigenvalue weighted by atomic mass is 31.0. The molecule has 0 saturated heterocycles. The summed E-state index contributed by atoms with van der Waals surface area (Å²) in [5.74, 6) is 0.922. The molecule has 2 atom stereocenters. The predicted molar refractivity (Wildman–Crippen MR) is 125 cm³/mol. The van der Waals surface area contributed by atoms with Crippen LogP contribution in [0.4, 0.5) is 4.79 Å². The molecule has 3 rings (SSSR count). The minimum absolute atomic E-state index is 0.143. The Bertz CT molecular complexity index is 982. The van der Waals surface area contributed by atoms with Gasteiger partial charge in [0.2, 0.25) is 0 Å². The Kier molecular flexibility index (Phi) is 8.56. The van der Waals surface area contributed by atoms with Crippen molar-refractivity contribution in [3.05, 3.63) is 36.3 Å². The van der Waals surface area contributed by atoms with Crippen molar-refractivity contribution in [1.82, 2.24) is 19.9 Å². The van der Waals surface area contributed by atoms with E-state index in [-0.39, 0.29) is 6.04 Å². The van der Waals surface area contributed by atoms with Crippen LogP contribution in [0.3, 0.4) is 0 Å². The Morgan fingerprint density at radius 3 is 2.57 bits per heavy atom. The van der Waals surface area contributed by atoms with Crippen molar-refractivity contribution >= 4 is 37.5 Å². The number of carbonyl (C=O) groups is 1. The third kappa shape index (κ3) is 5.67. The first-order valence-corrected chi connectivity index (χ1v) is 10.8. The van der Waals surface area contributed by atoms with Crippen LogP contribution in [0.5, 0.6) is 0 Å². The maximum atomic E-state index is 12.2. The molecule has 2 heterocycles. The van der Waals surface area contributed by atoms with Crippen molar-refractivity contribution < 1.29 is 14.1 Å². The smallest absolute Gasteiger partial charge is 0.407 e. The average molecular weight is 433 g/mol. The van der Waals surface area contributed by atoms with Gasteiger partial charge in [0.1, 0.15) is 16.9 Å². The number of rotatable bonds is 6. The van der Waals surface area contributed by atoms with Crippen molar-refractivity contribution in [2.24, 2.45) is 0 Å². The summed E-state index contributed by atoms with van der Waals surface area (Å²) >= 11 is 0. The van der Waals surface area contributed by atoms with Gasteiger partial charge in [0, 0.05) is 27.8 Å². The quantitative estimate of drug-likeness (QED) is 0.552. The fraction of sp³-hybridized carbons (Fsp3) is 0.500. The fourth-order valence-electron chi connectivity index (χ4n) is 3.27. The first-order valence-electron chi connectivity index (χ1n) is 10.4. The van der Waals surface area contributed by atoms with Crippen LogP contribution in [0.2, 0.25) is 0 Å². The molecule has 164 valence electrons. The number of alkyl carbamates (subject to hydrolysis) is 1. The summed E-state index contributed by atoms with van der Waals surface area (Å²) in [5.41, 5.74) is 2.20. The molecule has 0 radical (unpaired) electrons. The number of amides is 1. The van der Waals surface area contributed by atoms with Gasteiger partial charge in [-0.1, -0.05) is 39.0 Å². The SMILES string of the molecule is CC.CCc1nc2cnc3ccccc3c2n1[C@@H](CNC(=O)OC(C)(C)C)COP. The standard InChI is InChI=1S/C20H27N4O3P.C2H6/c1-5-17-23-16-11-21-15-9-7-6-8-14(15)18(16)24(17)13(12-26-28)10-22-19(25)27-20(2,3)4;1-2/h6-9,11,13H,5,10,12,28H2,1-4H3,(H,22,25);1-2H3/t13-;/m0./s1. The lowest BCUT2D eigenvalue weighted by Gasteiger charge is -2.24. The summed E-state index contributed by atoms with van der Waals surface area (Å²) in [6.07, 6.45) is 2.10. The van der Waals surface area contributed by atoms with Crippen LogP contribution < -0.4 is 5.32 Å². The van der Waals surface area contributed by atoms with Gasteiger partial charge >= 0.3 is 6.09 Å². The van der Waals surface area contributed by atoms with Crippen molar-refractivity contribution in [2.45, 2.75) is 59.6 Å². The van der Waals surface area contributed by atoms with E-state index in [1.54, 1.807) is 6.20 Å². The number of nitrogens with one attached hydrogen (secondary N) is 1. The van der Waals surface area contributed by atoms with Gasteiger partial charge < -0.3 is 19.1 Å². The minimum Gasteiger partial charge on any atom is -0.444 e. The van der Waals surface area contributed by atoms with Gasteiger partial charge in [-0.05, 0) is 26.8 Å². The molecule has 8 heteroatoms. The van der Waals surface area contributed by atoms with Crippen molar-refractivity contribution in [1.29, 1.82) is 0 Å². The Morgan fingerprint density at radius 2 is 1.93 bits per heavy atom. The summed E-state index contributed by atoms with van der Waals surface area (Å²) in [6.45, 7) is 12.3. The number of aryl methyl sites for hydroxylation is 1. The maximum absolute atomic E-state index is 12.2. The molecule has 1 N–H and O–H groups in total. The molecule has 0 saturated carbocycles. The molecule has 0 aliphatic carbocycles. The largest absolute Gasteiger partial charge is 0.444 e. The van der Waals surface area contributed by atoms with Gasteiger partial charge in [-0.15, -0.1) is 0 Å². The lowest BCUT2D eigenvalue weighted by Crippen LogP contribution is -2.37. The first kappa shape index (κ1) is 24.0. The van der Waals surface area contributed by atoms with E-state index in [4.69, 9.17) is 14.2 Å². The van der Waals surface area contributed by atoms with Gasteiger partial charge in [-0.3, -0.25) is 4.98 Å². The number of carbonyl (C=O) groups excluding carboxylic acids is 1. The van der Waals surface area contributed by atoms with Crippen LogP contribution in [0.25, 0.3) is 21.9 Å². The lowest BCUT2D eigenvalue weighted by atomic mass is 10.1. The summed E-state index contributed by atoms with van der Waals surface area (Å²) < 4.78 is 12.9. The summed E-state index contributed by atoms with van der Waals surface area (Å²) in [4.78, 5) is 21.4. The van der Waals surface area contributed by atoms with Gasteiger partial charge in [0.05, 0.1) is 29.9 Å². The van der Waals surface area contributed by atoms with Crippen LogP contribution >= 0.6 is 9.47 Å². The second-order valence-corrected chi connectivity index (χ2v) is 7.96. The van der Waals surface area contributed by atoms with Gasteiger partial charge in [0.15, 0.2) is 0 Å². The molecule has 1 unspecified atom stereocenters. The number of hydrogen-bond donors (Lipinski definition) is 1. The molecular formula is C22H33N4O3P. The number of fused-ring (bicyclic) bond motifs is 3. The molecule has 0 aliphatic heterocycles. The Hall–Kier alpha value is -2.24. The number of ether oxygens (including phenoxy) is 1. The van der Waals surface area contributed by atoms with Crippen molar-refractivity contribution in [3.63, 3.8) is 0 Å². The zero-order valence-corrected chi connectivity index (χ0v) is 19.9. The second kappa shape index (κ2) is 10.7. The molecule has 3 aromatic rings. The maximum Gasteiger partial charge on any atom is 0.407 e. The third-order valence-electron chi connectivity index (χ3n) is 4.35. The van der Waals surface area contributed by atoms with E-state index >= 15 is 0 Å². The van der Waals surface area contributed by atoms with Gasteiger partial charge in [0.25, 0.3) is 0 Å². The predicted octanol–water partition coefficient (Wildman–Crippen LogP) is 5.05. The zero-order valence-electron chi connectivity index (χ0n) is 18.7. The van der Waals surface area contributed by atoms with Crippen molar-refractivity contribution in [2.75, 3.05) is 13.2 Å². The van der Waals surface area contributed by atoms with E-state index in [0.717, 1.165) is 34.2 Å². The monoisotopic (exact) mass is 432 g/mol. The zero-order chi connectivity index (χ0) is 22.3. The van der Waals surface area contributed by atoms with Crippen LogP contribution in [0.1, 0.15) is 53.4 Å².